The van der Waals surface area contributed by atoms with Crippen molar-refractivity contribution < 1.29 is 9.18 Å². The van der Waals surface area contributed by atoms with E-state index < -0.39 is 0 Å². The third kappa shape index (κ3) is 2.43. The number of carbonyl (C=O) groups excluding carboxylic acids is 1. The summed E-state index contributed by atoms with van der Waals surface area (Å²) in [6.45, 7) is 0. The van der Waals surface area contributed by atoms with Crippen LogP contribution in [0.3, 0.4) is 0 Å². The minimum atomic E-state index is -0.248. The van der Waals surface area contributed by atoms with Gasteiger partial charge in [-0.3, -0.25) is 4.79 Å². The Hall–Kier alpha value is -1.68. The highest BCUT2D eigenvalue weighted by atomic mass is 32.1. The van der Waals surface area contributed by atoms with Gasteiger partial charge in [-0.25, -0.2) is 4.39 Å². The summed E-state index contributed by atoms with van der Waals surface area (Å²) in [7, 11) is 0. The van der Waals surface area contributed by atoms with E-state index in [-0.39, 0.29) is 11.7 Å². The fourth-order valence-corrected chi connectivity index (χ4v) is 2.63. The molecule has 1 N–H and O–H groups in total. The first kappa shape index (κ1) is 11.4. The average molecular weight is 261 g/mol. The second-order valence-electron chi connectivity index (χ2n) is 4.42. The number of carbonyl (C=O) groups is 1. The summed E-state index contributed by atoms with van der Waals surface area (Å²) in [6, 6.07) is 10.4. The second kappa shape index (κ2) is 4.53. The van der Waals surface area contributed by atoms with E-state index in [1.165, 1.54) is 23.5 Å². The molecule has 0 spiro atoms. The zero-order valence-electron chi connectivity index (χ0n) is 9.65. The molecule has 1 fully saturated rings. The predicted molar refractivity (Wildman–Crippen MR) is 70.2 cm³/mol. The topological polar surface area (TPSA) is 29.1 Å². The summed E-state index contributed by atoms with van der Waals surface area (Å²) in [5.74, 6) is -0.252. The molecule has 1 aromatic heterocycles. The van der Waals surface area contributed by atoms with Gasteiger partial charge in [-0.2, -0.15) is 0 Å². The van der Waals surface area contributed by atoms with Crippen LogP contribution in [0.4, 0.5) is 4.39 Å². The summed E-state index contributed by atoms with van der Waals surface area (Å²) in [4.78, 5) is 13.5. The van der Waals surface area contributed by atoms with Gasteiger partial charge in [-0.15, -0.1) is 11.3 Å². The predicted octanol–water partition coefficient (Wildman–Crippen LogP) is 3.45. The van der Waals surface area contributed by atoms with Crippen LogP contribution in [0.1, 0.15) is 22.5 Å². The van der Waals surface area contributed by atoms with Crippen molar-refractivity contribution in [3.8, 4) is 10.4 Å². The molecule has 1 amide bonds. The molecule has 1 heterocycles. The Bertz CT molecular complexity index is 572. The van der Waals surface area contributed by atoms with Gasteiger partial charge in [0.15, 0.2) is 0 Å². The minimum absolute atomic E-state index is 0.00383. The quantitative estimate of drug-likeness (QED) is 0.901. The molecule has 0 radical (unpaired) electrons. The Balaban J connectivity index is 1.79. The molecule has 1 aliphatic carbocycles. The van der Waals surface area contributed by atoms with E-state index in [1.807, 2.05) is 12.1 Å². The number of amides is 1. The zero-order chi connectivity index (χ0) is 12.5. The molecule has 18 heavy (non-hydrogen) atoms. The maximum Gasteiger partial charge on any atom is 0.261 e. The largest absolute Gasteiger partial charge is 0.349 e. The van der Waals surface area contributed by atoms with Crippen LogP contribution in [0, 0.1) is 5.82 Å². The molecular weight excluding hydrogens is 249 g/mol. The van der Waals surface area contributed by atoms with Crippen molar-refractivity contribution in [2.75, 3.05) is 0 Å². The molecule has 0 unspecified atom stereocenters. The number of halogens is 1. The Morgan fingerprint density at radius 3 is 2.56 bits per heavy atom. The molecule has 0 atom stereocenters. The minimum Gasteiger partial charge on any atom is -0.349 e. The highest BCUT2D eigenvalue weighted by molar-refractivity contribution is 7.17. The van der Waals surface area contributed by atoms with Crippen LogP contribution in [0.25, 0.3) is 10.4 Å². The third-order valence-corrected chi connectivity index (χ3v) is 4.00. The van der Waals surface area contributed by atoms with Crippen LogP contribution in [0.5, 0.6) is 0 Å². The molecule has 0 saturated heterocycles. The smallest absolute Gasteiger partial charge is 0.261 e. The van der Waals surface area contributed by atoms with E-state index in [9.17, 15) is 9.18 Å². The molecular formula is C14H12FNOS. The van der Waals surface area contributed by atoms with Gasteiger partial charge in [-0.1, -0.05) is 12.1 Å². The summed E-state index contributed by atoms with van der Waals surface area (Å²) in [5.41, 5.74) is 0.937. The van der Waals surface area contributed by atoms with Crippen LogP contribution in [-0.4, -0.2) is 11.9 Å². The molecule has 0 bridgehead atoms. The van der Waals surface area contributed by atoms with Gasteiger partial charge < -0.3 is 5.32 Å². The van der Waals surface area contributed by atoms with Crippen LogP contribution >= 0.6 is 11.3 Å². The SMILES string of the molecule is O=C(NC1CC1)c1ccc(-c2ccc(F)cc2)s1. The fourth-order valence-electron chi connectivity index (χ4n) is 1.71. The lowest BCUT2D eigenvalue weighted by Crippen LogP contribution is -2.24. The van der Waals surface area contributed by atoms with E-state index in [0.29, 0.717) is 10.9 Å². The zero-order valence-corrected chi connectivity index (χ0v) is 10.5. The second-order valence-corrected chi connectivity index (χ2v) is 5.50. The summed E-state index contributed by atoms with van der Waals surface area (Å²) < 4.78 is 12.8. The lowest BCUT2D eigenvalue weighted by atomic mass is 10.2. The first-order valence-electron chi connectivity index (χ1n) is 5.89. The average Bonchev–Trinajstić information content (AvgIpc) is 3.04. The number of hydrogen-bond donors (Lipinski definition) is 1. The first-order valence-corrected chi connectivity index (χ1v) is 6.71. The van der Waals surface area contributed by atoms with Crippen molar-refractivity contribution in [3.05, 3.63) is 47.1 Å². The molecule has 2 aromatic rings. The highest BCUT2D eigenvalue weighted by Gasteiger charge is 2.24. The number of rotatable bonds is 3. The highest BCUT2D eigenvalue weighted by Crippen LogP contribution is 2.29. The van der Waals surface area contributed by atoms with Gasteiger partial charge in [0.1, 0.15) is 5.82 Å². The first-order chi connectivity index (χ1) is 8.72. The van der Waals surface area contributed by atoms with Gasteiger partial charge >= 0.3 is 0 Å². The van der Waals surface area contributed by atoms with Crippen molar-refractivity contribution in [2.24, 2.45) is 0 Å². The molecule has 0 aliphatic heterocycles. The van der Waals surface area contributed by atoms with Gasteiger partial charge in [0, 0.05) is 10.9 Å². The Labute approximate surface area is 108 Å². The summed E-state index contributed by atoms with van der Waals surface area (Å²) in [6.07, 6.45) is 2.17. The molecule has 4 heteroatoms. The van der Waals surface area contributed by atoms with Gasteiger partial charge in [-0.05, 0) is 42.7 Å². The Morgan fingerprint density at radius 2 is 1.89 bits per heavy atom. The van der Waals surface area contributed by atoms with E-state index in [0.717, 1.165) is 23.3 Å². The maximum atomic E-state index is 12.8. The van der Waals surface area contributed by atoms with E-state index >= 15 is 0 Å². The summed E-state index contributed by atoms with van der Waals surface area (Å²) >= 11 is 1.44. The molecule has 1 aromatic carbocycles. The van der Waals surface area contributed by atoms with Crippen LogP contribution in [0.2, 0.25) is 0 Å². The lowest BCUT2D eigenvalue weighted by Gasteiger charge is -1.99. The number of nitrogens with one attached hydrogen (secondary N) is 1. The van der Waals surface area contributed by atoms with Gasteiger partial charge in [0.05, 0.1) is 4.88 Å². The normalized spacial score (nSPS) is 14.5. The van der Waals surface area contributed by atoms with E-state index in [4.69, 9.17) is 0 Å². The van der Waals surface area contributed by atoms with Crippen LogP contribution in [0.15, 0.2) is 36.4 Å². The lowest BCUT2D eigenvalue weighted by molar-refractivity contribution is 0.0955. The maximum absolute atomic E-state index is 12.8. The number of hydrogen-bond acceptors (Lipinski definition) is 2. The third-order valence-electron chi connectivity index (χ3n) is 2.87. The van der Waals surface area contributed by atoms with Gasteiger partial charge in [0.25, 0.3) is 5.91 Å². The van der Waals surface area contributed by atoms with Crippen molar-refractivity contribution in [1.82, 2.24) is 5.32 Å². The Morgan fingerprint density at radius 1 is 1.17 bits per heavy atom. The molecule has 92 valence electrons. The Kier molecular flexibility index (Phi) is 2.88. The summed E-state index contributed by atoms with van der Waals surface area (Å²) in [5, 5.41) is 2.96. The molecule has 1 aliphatic rings. The number of benzene rings is 1. The fraction of sp³-hybridized carbons (Fsp3) is 0.214. The van der Waals surface area contributed by atoms with E-state index in [2.05, 4.69) is 5.32 Å². The van der Waals surface area contributed by atoms with Crippen molar-refractivity contribution in [1.29, 1.82) is 0 Å². The van der Waals surface area contributed by atoms with E-state index in [1.54, 1.807) is 12.1 Å². The van der Waals surface area contributed by atoms with Crippen molar-refractivity contribution in [3.63, 3.8) is 0 Å². The molecule has 2 nitrogen and oxygen atoms in total. The van der Waals surface area contributed by atoms with Crippen LogP contribution < -0.4 is 5.32 Å². The molecule has 1 saturated carbocycles. The number of thiophene rings is 1. The van der Waals surface area contributed by atoms with Gasteiger partial charge in [0.2, 0.25) is 0 Å². The molecule has 3 rings (SSSR count). The van der Waals surface area contributed by atoms with Crippen molar-refractivity contribution >= 4 is 17.2 Å². The van der Waals surface area contributed by atoms with Crippen LogP contribution in [-0.2, 0) is 0 Å². The standard InChI is InChI=1S/C14H12FNOS/c15-10-3-1-9(2-4-10)12-7-8-13(18-12)14(17)16-11-5-6-11/h1-4,7-8,11H,5-6H2,(H,16,17). The van der Waals surface area contributed by atoms with Crippen molar-refractivity contribution in [2.45, 2.75) is 18.9 Å². The monoisotopic (exact) mass is 261 g/mol.